The monoisotopic (exact) mass is 374 g/mol. The molecular weight excluding hydrogens is 348 g/mol. The van der Waals surface area contributed by atoms with Crippen molar-refractivity contribution in [3.63, 3.8) is 0 Å². The first-order chi connectivity index (χ1) is 12.5. The van der Waals surface area contributed by atoms with Crippen molar-refractivity contribution in [1.29, 1.82) is 0 Å². The highest BCUT2D eigenvalue weighted by molar-refractivity contribution is 7.10. The molecule has 7 nitrogen and oxygen atoms in total. The molecule has 3 rings (SSSR count). The molecule has 1 saturated carbocycles. The van der Waals surface area contributed by atoms with Gasteiger partial charge in [-0.2, -0.15) is 4.37 Å². The van der Waals surface area contributed by atoms with Crippen LogP contribution in [0.1, 0.15) is 55.2 Å². The maximum Gasteiger partial charge on any atom is 0.271 e. The van der Waals surface area contributed by atoms with Crippen LogP contribution in [0.5, 0.6) is 0 Å². The Kier molecular flexibility index (Phi) is 5.70. The summed E-state index contributed by atoms with van der Waals surface area (Å²) in [5, 5.41) is 3.95. The molecule has 1 fully saturated rings. The zero-order valence-corrected chi connectivity index (χ0v) is 16.3. The highest BCUT2D eigenvalue weighted by Gasteiger charge is 2.25. The van der Waals surface area contributed by atoms with E-state index < -0.39 is 5.91 Å². The van der Waals surface area contributed by atoms with Crippen LogP contribution in [0, 0.1) is 12.8 Å². The van der Waals surface area contributed by atoms with Gasteiger partial charge >= 0.3 is 0 Å². The summed E-state index contributed by atoms with van der Waals surface area (Å²) in [4.78, 5) is 22.8. The van der Waals surface area contributed by atoms with E-state index in [1.54, 1.807) is 6.20 Å². The molecule has 1 aliphatic rings. The van der Waals surface area contributed by atoms with Crippen molar-refractivity contribution in [2.45, 2.75) is 52.0 Å². The molecule has 2 aromatic rings. The van der Waals surface area contributed by atoms with E-state index in [1.807, 2.05) is 20.0 Å². The molecule has 1 aliphatic carbocycles. The molecular formula is C18H26N6OS. The average molecular weight is 375 g/mol. The number of carbonyl (C=O) groups excluding carboxylic acids is 1. The predicted octanol–water partition coefficient (Wildman–Crippen LogP) is 3.49. The van der Waals surface area contributed by atoms with Crippen LogP contribution >= 0.6 is 11.5 Å². The van der Waals surface area contributed by atoms with Crippen LogP contribution in [0.2, 0.25) is 0 Å². The first-order valence-electron chi connectivity index (χ1n) is 9.08. The number of aryl methyl sites for hydroxylation is 1. The zero-order chi connectivity index (χ0) is 18.7. The Balaban J connectivity index is 1.81. The number of hydrogen-bond acceptors (Lipinski definition) is 7. The van der Waals surface area contributed by atoms with Gasteiger partial charge in [0.25, 0.3) is 5.91 Å². The van der Waals surface area contributed by atoms with Crippen LogP contribution in [0.25, 0.3) is 0 Å². The zero-order valence-electron chi connectivity index (χ0n) is 15.5. The molecule has 0 aromatic carbocycles. The lowest BCUT2D eigenvalue weighted by atomic mass is 9.84. The highest BCUT2D eigenvalue weighted by atomic mass is 32.1. The van der Waals surface area contributed by atoms with Crippen LogP contribution in [0.15, 0.2) is 12.3 Å². The number of amides is 1. The van der Waals surface area contributed by atoms with E-state index in [-0.39, 0.29) is 5.69 Å². The summed E-state index contributed by atoms with van der Waals surface area (Å²) in [5.41, 5.74) is 6.52. The van der Waals surface area contributed by atoms with E-state index in [0.717, 1.165) is 35.3 Å². The van der Waals surface area contributed by atoms with E-state index in [0.29, 0.717) is 11.9 Å². The summed E-state index contributed by atoms with van der Waals surface area (Å²) < 4.78 is 4.24. The first-order valence-corrected chi connectivity index (χ1v) is 9.85. The fraction of sp³-hybridized carbons (Fsp3) is 0.556. The minimum Gasteiger partial charge on any atom is -0.364 e. The van der Waals surface area contributed by atoms with Gasteiger partial charge in [0.05, 0.1) is 11.9 Å². The van der Waals surface area contributed by atoms with Crippen molar-refractivity contribution in [1.82, 2.24) is 14.3 Å². The second kappa shape index (κ2) is 7.99. The van der Waals surface area contributed by atoms with Crippen LogP contribution in [0.4, 0.5) is 16.6 Å². The molecule has 0 radical (unpaired) electrons. The lowest BCUT2D eigenvalue weighted by Gasteiger charge is -2.35. The molecule has 0 aliphatic heterocycles. The summed E-state index contributed by atoms with van der Waals surface area (Å²) in [5.74, 6) is 1.38. The van der Waals surface area contributed by atoms with Crippen molar-refractivity contribution in [3.8, 4) is 0 Å². The number of carbonyl (C=O) groups is 1. The van der Waals surface area contributed by atoms with E-state index in [1.165, 1.54) is 30.8 Å². The summed E-state index contributed by atoms with van der Waals surface area (Å²) in [7, 11) is 2.05. The molecule has 0 bridgehead atoms. The normalized spacial score (nSPS) is 20.0. The third-order valence-corrected chi connectivity index (χ3v) is 5.96. The van der Waals surface area contributed by atoms with Gasteiger partial charge in [0.2, 0.25) is 0 Å². The molecule has 8 heteroatoms. The molecule has 0 atom stereocenters. The summed E-state index contributed by atoms with van der Waals surface area (Å²) >= 11 is 1.32. The number of rotatable bonds is 6. The third-order valence-electron chi connectivity index (χ3n) is 5.17. The van der Waals surface area contributed by atoms with Crippen LogP contribution in [-0.2, 0) is 0 Å². The Morgan fingerprint density at radius 3 is 2.69 bits per heavy atom. The van der Waals surface area contributed by atoms with Crippen molar-refractivity contribution in [2.24, 2.45) is 11.7 Å². The van der Waals surface area contributed by atoms with Crippen LogP contribution in [-0.4, -0.2) is 33.3 Å². The SMILES string of the molecule is CCC1CCC(N(C)c2cnc(C(N)=O)c(Nc3cc(C)ns3)n2)CC1. The highest BCUT2D eigenvalue weighted by Crippen LogP contribution is 2.31. The quantitative estimate of drug-likeness (QED) is 0.803. The number of aromatic nitrogens is 3. The topological polar surface area (TPSA) is 97.0 Å². The summed E-state index contributed by atoms with van der Waals surface area (Å²) in [6.07, 6.45) is 7.71. The summed E-state index contributed by atoms with van der Waals surface area (Å²) in [6, 6.07) is 2.35. The molecule has 2 aromatic heterocycles. The van der Waals surface area contributed by atoms with E-state index >= 15 is 0 Å². The standard InChI is InChI=1S/C18H26N6OS/c1-4-12-5-7-13(8-6-12)24(3)14-10-20-16(17(19)25)18(21-14)22-15-9-11(2)23-26-15/h9-10,12-13H,4-8H2,1-3H3,(H2,19,25)(H,21,22). The molecule has 26 heavy (non-hydrogen) atoms. The summed E-state index contributed by atoms with van der Waals surface area (Å²) in [6.45, 7) is 4.18. The van der Waals surface area contributed by atoms with Gasteiger partial charge in [0, 0.05) is 13.1 Å². The maximum absolute atomic E-state index is 11.7. The number of nitrogens with zero attached hydrogens (tertiary/aromatic N) is 4. The van der Waals surface area contributed by atoms with Gasteiger partial charge < -0.3 is 16.0 Å². The van der Waals surface area contributed by atoms with Gasteiger partial charge in [0.15, 0.2) is 11.5 Å². The van der Waals surface area contributed by atoms with Gasteiger partial charge in [-0.1, -0.05) is 13.3 Å². The number of nitrogens with two attached hydrogens (primary N) is 1. The number of anilines is 3. The Morgan fingerprint density at radius 2 is 2.12 bits per heavy atom. The molecule has 0 spiro atoms. The van der Waals surface area contributed by atoms with Crippen LogP contribution in [0.3, 0.4) is 0 Å². The van der Waals surface area contributed by atoms with E-state index in [9.17, 15) is 4.79 Å². The fourth-order valence-corrected chi connectivity index (χ4v) is 4.14. The van der Waals surface area contributed by atoms with Crippen molar-refractivity contribution < 1.29 is 4.79 Å². The average Bonchev–Trinajstić information content (AvgIpc) is 3.05. The Labute approximate surface area is 158 Å². The molecule has 0 unspecified atom stereocenters. The molecule has 140 valence electrons. The Morgan fingerprint density at radius 1 is 1.38 bits per heavy atom. The molecule has 3 N–H and O–H groups in total. The predicted molar refractivity (Wildman–Crippen MR) is 105 cm³/mol. The minimum absolute atomic E-state index is 0.142. The van der Waals surface area contributed by atoms with E-state index in [4.69, 9.17) is 5.73 Å². The van der Waals surface area contributed by atoms with Crippen molar-refractivity contribution in [2.75, 3.05) is 17.3 Å². The Hall–Kier alpha value is -2.22. The molecule has 2 heterocycles. The van der Waals surface area contributed by atoms with Gasteiger partial charge in [-0.3, -0.25) is 4.79 Å². The lowest BCUT2D eigenvalue weighted by molar-refractivity contribution is 0.0996. The van der Waals surface area contributed by atoms with Gasteiger partial charge in [-0.15, -0.1) is 0 Å². The molecule has 1 amide bonds. The maximum atomic E-state index is 11.7. The molecule has 0 saturated heterocycles. The minimum atomic E-state index is -0.598. The smallest absolute Gasteiger partial charge is 0.271 e. The first kappa shape index (κ1) is 18.6. The largest absolute Gasteiger partial charge is 0.364 e. The van der Waals surface area contributed by atoms with Gasteiger partial charge in [-0.05, 0) is 56.1 Å². The number of primary amides is 1. The lowest BCUT2D eigenvalue weighted by Crippen LogP contribution is -2.36. The van der Waals surface area contributed by atoms with Crippen molar-refractivity contribution in [3.05, 3.63) is 23.7 Å². The third kappa shape index (κ3) is 4.12. The fourth-order valence-electron chi connectivity index (χ4n) is 3.48. The van der Waals surface area contributed by atoms with Gasteiger partial charge in [-0.25, -0.2) is 9.97 Å². The van der Waals surface area contributed by atoms with Crippen LogP contribution < -0.4 is 16.0 Å². The van der Waals surface area contributed by atoms with Gasteiger partial charge in [0.1, 0.15) is 10.8 Å². The second-order valence-electron chi connectivity index (χ2n) is 6.94. The van der Waals surface area contributed by atoms with Crippen molar-refractivity contribution >= 4 is 34.1 Å². The van der Waals surface area contributed by atoms with E-state index in [2.05, 4.69) is 31.5 Å². The number of nitrogens with one attached hydrogen (secondary N) is 1. The second-order valence-corrected chi connectivity index (χ2v) is 7.75. The number of hydrogen-bond donors (Lipinski definition) is 2. The Bertz CT molecular complexity index is 769.